The van der Waals surface area contributed by atoms with Gasteiger partial charge in [0, 0.05) is 21.8 Å². The average molecular weight is 359 g/mol. The molecule has 6 aromatic rings. The van der Waals surface area contributed by atoms with Crippen LogP contribution in [0.1, 0.15) is 0 Å². The van der Waals surface area contributed by atoms with Gasteiger partial charge in [0.25, 0.3) is 0 Å². The van der Waals surface area contributed by atoms with Crippen LogP contribution in [0.15, 0.2) is 101 Å². The van der Waals surface area contributed by atoms with Crippen LogP contribution in [0.25, 0.3) is 43.5 Å². The van der Waals surface area contributed by atoms with Crippen LogP contribution in [0.2, 0.25) is 0 Å². The van der Waals surface area contributed by atoms with Gasteiger partial charge in [-0.3, -0.25) is 0 Å². The van der Waals surface area contributed by atoms with E-state index >= 15 is 0 Å². The quantitative estimate of drug-likeness (QED) is 0.344. The van der Waals surface area contributed by atoms with Gasteiger partial charge in [-0.2, -0.15) is 0 Å². The summed E-state index contributed by atoms with van der Waals surface area (Å²) in [6, 6.07) is 33.7. The fourth-order valence-electron chi connectivity index (χ4n) is 4.15. The molecule has 0 amide bonds. The Bertz CT molecular complexity index is 1490. The van der Waals surface area contributed by atoms with E-state index in [0.717, 1.165) is 27.9 Å². The van der Waals surface area contributed by atoms with E-state index in [9.17, 15) is 0 Å². The van der Waals surface area contributed by atoms with Crippen molar-refractivity contribution in [2.75, 3.05) is 5.32 Å². The van der Waals surface area contributed by atoms with Crippen LogP contribution in [-0.4, -0.2) is 0 Å². The summed E-state index contributed by atoms with van der Waals surface area (Å²) in [6.45, 7) is 0. The largest absolute Gasteiger partial charge is 0.454 e. The zero-order valence-electron chi connectivity index (χ0n) is 15.1. The lowest BCUT2D eigenvalue weighted by Gasteiger charge is -2.10. The van der Waals surface area contributed by atoms with Crippen LogP contribution in [-0.2, 0) is 0 Å². The summed E-state index contributed by atoms with van der Waals surface area (Å²) in [7, 11) is 0. The molecular formula is C26H17NO. The standard InChI is InChI=1S/C26H17NO/c1-3-10-19-17(7-1)9-5-13-22(19)27-23-14-6-12-21-25-20-11-4-2-8-18(20)15-16-24(25)28-26(21)23/h1-16,27H. The van der Waals surface area contributed by atoms with E-state index < -0.39 is 0 Å². The molecule has 0 fully saturated rings. The third-order valence-corrected chi connectivity index (χ3v) is 5.45. The lowest BCUT2D eigenvalue weighted by molar-refractivity contribution is 0.670. The van der Waals surface area contributed by atoms with Crippen molar-refractivity contribution in [2.45, 2.75) is 0 Å². The smallest absolute Gasteiger partial charge is 0.158 e. The molecule has 5 aromatic carbocycles. The molecule has 1 heterocycles. The van der Waals surface area contributed by atoms with Crippen LogP contribution < -0.4 is 5.32 Å². The SMILES string of the molecule is c1ccc2c(Nc3cccc4c3oc3ccc5ccccc5c34)cccc2c1. The molecule has 132 valence electrons. The second kappa shape index (κ2) is 5.86. The van der Waals surface area contributed by atoms with Crippen molar-refractivity contribution in [3.8, 4) is 0 Å². The van der Waals surface area contributed by atoms with E-state index in [1.165, 1.54) is 26.9 Å². The molecule has 0 unspecified atom stereocenters. The average Bonchev–Trinajstić information content (AvgIpc) is 3.14. The molecule has 0 aliphatic rings. The highest BCUT2D eigenvalue weighted by atomic mass is 16.3. The van der Waals surface area contributed by atoms with E-state index in [1.54, 1.807) is 0 Å². The molecule has 0 atom stereocenters. The van der Waals surface area contributed by atoms with Crippen molar-refractivity contribution in [1.82, 2.24) is 0 Å². The van der Waals surface area contributed by atoms with Crippen LogP contribution in [0.5, 0.6) is 0 Å². The summed E-state index contributed by atoms with van der Waals surface area (Å²) in [4.78, 5) is 0. The van der Waals surface area contributed by atoms with Gasteiger partial charge >= 0.3 is 0 Å². The van der Waals surface area contributed by atoms with Crippen molar-refractivity contribution in [2.24, 2.45) is 0 Å². The summed E-state index contributed by atoms with van der Waals surface area (Å²) in [5.74, 6) is 0. The second-order valence-electron chi connectivity index (χ2n) is 7.10. The van der Waals surface area contributed by atoms with Crippen LogP contribution >= 0.6 is 0 Å². The molecule has 0 aliphatic heterocycles. The van der Waals surface area contributed by atoms with E-state index in [4.69, 9.17) is 4.42 Å². The van der Waals surface area contributed by atoms with Gasteiger partial charge in [-0.15, -0.1) is 0 Å². The Balaban J connectivity index is 1.61. The number of anilines is 2. The third-order valence-electron chi connectivity index (χ3n) is 5.45. The number of para-hydroxylation sites is 1. The van der Waals surface area contributed by atoms with Crippen molar-refractivity contribution >= 4 is 54.9 Å². The second-order valence-corrected chi connectivity index (χ2v) is 7.10. The highest BCUT2D eigenvalue weighted by Crippen LogP contribution is 2.39. The van der Waals surface area contributed by atoms with Gasteiger partial charge in [-0.1, -0.05) is 78.9 Å². The number of rotatable bonds is 2. The molecule has 6 rings (SSSR count). The third kappa shape index (κ3) is 2.21. The number of fused-ring (bicyclic) bond motifs is 6. The topological polar surface area (TPSA) is 25.2 Å². The lowest BCUT2D eigenvalue weighted by Crippen LogP contribution is -1.91. The van der Waals surface area contributed by atoms with Crippen molar-refractivity contribution in [1.29, 1.82) is 0 Å². The highest BCUT2D eigenvalue weighted by Gasteiger charge is 2.13. The minimum atomic E-state index is 0.891. The number of hydrogen-bond acceptors (Lipinski definition) is 2. The van der Waals surface area contributed by atoms with Crippen LogP contribution in [0.4, 0.5) is 11.4 Å². The number of benzene rings is 5. The Morgan fingerprint density at radius 2 is 1.14 bits per heavy atom. The number of nitrogens with one attached hydrogen (secondary N) is 1. The fraction of sp³-hybridized carbons (Fsp3) is 0. The molecule has 0 aliphatic carbocycles. The van der Waals surface area contributed by atoms with Gasteiger partial charge in [0.15, 0.2) is 5.58 Å². The van der Waals surface area contributed by atoms with Crippen molar-refractivity contribution in [3.63, 3.8) is 0 Å². The zero-order chi connectivity index (χ0) is 18.5. The molecule has 1 N–H and O–H groups in total. The minimum Gasteiger partial charge on any atom is -0.454 e. The number of hydrogen-bond donors (Lipinski definition) is 1. The van der Waals surface area contributed by atoms with Gasteiger partial charge in [0.2, 0.25) is 0 Å². The molecule has 2 heteroatoms. The monoisotopic (exact) mass is 359 g/mol. The predicted octanol–water partition coefficient (Wildman–Crippen LogP) is 7.64. The minimum absolute atomic E-state index is 0.891. The first kappa shape index (κ1) is 15.3. The van der Waals surface area contributed by atoms with Gasteiger partial charge in [-0.05, 0) is 34.4 Å². The summed E-state index contributed by atoms with van der Waals surface area (Å²) in [5, 5.41) is 10.8. The predicted molar refractivity (Wildman–Crippen MR) is 118 cm³/mol. The molecule has 0 saturated carbocycles. The molecule has 0 radical (unpaired) electrons. The first-order valence-corrected chi connectivity index (χ1v) is 9.46. The van der Waals surface area contributed by atoms with E-state index in [2.05, 4.69) is 102 Å². The maximum Gasteiger partial charge on any atom is 0.158 e. The Labute approximate surface area is 162 Å². The van der Waals surface area contributed by atoms with E-state index in [1.807, 2.05) is 0 Å². The fourth-order valence-corrected chi connectivity index (χ4v) is 4.15. The Morgan fingerprint density at radius 3 is 2.04 bits per heavy atom. The summed E-state index contributed by atoms with van der Waals surface area (Å²) < 4.78 is 6.31. The molecule has 0 bridgehead atoms. The van der Waals surface area contributed by atoms with Gasteiger partial charge in [0.05, 0.1) is 5.69 Å². The summed E-state index contributed by atoms with van der Waals surface area (Å²) in [6.07, 6.45) is 0. The van der Waals surface area contributed by atoms with E-state index in [0.29, 0.717) is 0 Å². The molecule has 28 heavy (non-hydrogen) atoms. The normalized spacial score (nSPS) is 11.6. The van der Waals surface area contributed by atoms with Crippen LogP contribution in [0, 0.1) is 0 Å². The first-order chi connectivity index (χ1) is 13.9. The first-order valence-electron chi connectivity index (χ1n) is 9.46. The zero-order valence-corrected chi connectivity index (χ0v) is 15.1. The summed E-state index contributed by atoms with van der Waals surface area (Å²) >= 11 is 0. The maximum atomic E-state index is 6.31. The Kier molecular flexibility index (Phi) is 3.20. The van der Waals surface area contributed by atoms with Crippen molar-refractivity contribution in [3.05, 3.63) is 97.1 Å². The maximum absolute atomic E-state index is 6.31. The molecule has 2 nitrogen and oxygen atoms in total. The highest BCUT2D eigenvalue weighted by molar-refractivity contribution is 6.20. The Hall–Kier alpha value is -3.78. The molecule has 0 saturated heterocycles. The molecular weight excluding hydrogens is 342 g/mol. The Morgan fingerprint density at radius 1 is 0.500 bits per heavy atom. The van der Waals surface area contributed by atoms with Gasteiger partial charge < -0.3 is 9.73 Å². The lowest BCUT2D eigenvalue weighted by atomic mass is 10.0. The number of furan rings is 1. The van der Waals surface area contributed by atoms with Crippen LogP contribution in [0.3, 0.4) is 0 Å². The van der Waals surface area contributed by atoms with Gasteiger partial charge in [-0.25, -0.2) is 0 Å². The van der Waals surface area contributed by atoms with E-state index in [-0.39, 0.29) is 0 Å². The van der Waals surface area contributed by atoms with Gasteiger partial charge in [0.1, 0.15) is 5.58 Å². The summed E-state index contributed by atoms with van der Waals surface area (Å²) in [5.41, 5.74) is 3.87. The van der Waals surface area contributed by atoms with Crippen molar-refractivity contribution < 1.29 is 4.42 Å². The molecule has 0 spiro atoms. The molecule has 1 aromatic heterocycles.